The van der Waals surface area contributed by atoms with Crippen LogP contribution in [0, 0.1) is 0 Å². The molecule has 0 aliphatic rings. The molecule has 2 aromatic heterocycles. The number of amides is 2. The molecule has 0 N–H and O–H groups in total. The summed E-state index contributed by atoms with van der Waals surface area (Å²) in [5.41, 5.74) is 2.55. The van der Waals surface area contributed by atoms with E-state index in [4.69, 9.17) is 0 Å². The molecular formula is C28H34N8O4. The first-order chi connectivity index (χ1) is 19.2. The van der Waals surface area contributed by atoms with E-state index >= 15 is 0 Å². The highest BCUT2D eigenvalue weighted by molar-refractivity contribution is 5.94. The molecule has 0 radical (unpaired) electrons. The fourth-order valence-corrected chi connectivity index (χ4v) is 3.23. The second-order valence-electron chi connectivity index (χ2n) is 8.61. The van der Waals surface area contributed by atoms with Crippen LogP contribution in [0.15, 0.2) is 82.9 Å². The Labute approximate surface area is 232 Å². The minimum absolute atomic E-state index is 0.0502. The van der Waals surface area contributed by atoms with E-state index in [2.05, 4.69) is 20.4 Å². The van der Waals surface area contributed by atoms with Crippen LogP contribution in [0.3, 0.4) is 0 Å². The topological polar surface area (TPSA) is 136 Å². The smallest absolute Gasteiger partial charge is 0.285 e. The quantitative estimate of drug-likeness (QED) is 0.357. The second kappa shape index (κ2) is 15.4. The summed E-state index contributed by atoms with van der Waals surface area (Å²) in [4.78, 5) is 53.1. The van der Waals surface area contributed by atoms with Crippen molar-refractivity contribution < 1.29 is 9.59 Å². The van der Waals surface area contributed by atoms with Gasteiger partial charge in [-0.3, -0.25) is 19.2 Å². The molecule has 0 spiro atoms. The molecule has 0 atom stereocenters. The van der Waals surface area contributed by atoms with E-state index in [0.29, 0.717) is 24.2 Å². The molecule has 0 saturated heterocycles. The number of rotatable bonds is 6. The third-order valence-corrected chi connectivity index (χ3v) is 5.27. The van der Waals surface area contributed by atoms with Crippen LogP contribution < -0.4 is 11.1 Å². The molecule has 2 aromatic carbocycles. The monoisotopic (exact) mass is 546 g/mol. The molecule has 0 saturated carbocycles. The molecular weight excluding hydrogens is 512 g/mol. The van der Waals surface area contributed by atoms with Crippen LogP contribution in [0.4, 0.5) is 0 Å². The fraction of sp³-hybridized carbons (Fsp3) is 0.286. The maximum absolute atomic E-state index is 11.7. The van der Waals surface area contributed by atoms with Crippen LogP contribution in [-0.2, 0) is 13.1 Å². The van der Waals surface area contributed by atoms with Crippen molar-refractivity contribution in [3.8, 4) is 0 Å². The highest BCUT2D eigenvalue weighted by atomic mass is 16.2. The Morgan fingerprint density at radius 3 is 1.60 bits per heavy atom. The predicted octanol–water partition coefficient (Wildman–Crippen LogP) is 1.80. The largest absolute Gasteiger partial charge is 0.345 e. The van der Waals surface area contributed by atoms with Crippen LogP contribution in [0.25, 0.3) is 0 Å². The Hall–Kier alpha value is -5.00. The summed E-state index contributed by atoms with van der Waals surface area (Å²) in [7, 11) is 6.82. The summed E-state index contributed by atoms with van der Waals surface area (Å²) >= 11 is 0. The van der Waals surface area contributed by atoms with Gasteiger partial charge in [0.2, 0.25) is 0 Å². The van der Waals surface area contributed by atoms with Gasteiger partial charge in [0.25, 0.3) is 22.9 Å². The Morgan fingerprint density at radius 1 is 0.700 bits per heavy atom. The van der Waals surface area contributed by atoms with Crippen LogP contribution in [0.1, 0.15) is 45.7 Å². The molecule has 2 heterocycles. The van der Waals surface area contributed by atoms with E-state index in [9.17, 15) is 19.2 Å². The van der Waals surface area contributed by atoms with Crippen molar-refractivity contribution in [2.45, 2.75) is 26.9 Å². The fourth-order valence-electron chi connectivity index (χ4n) is 3.23. The van der Waals surface area contributed by atoms with Crippen molar-refractivity contribution in [1.82, 2.24) is 39.6 Å². The summed E-state index contributed by atoms with van der Waals surface area (Å²) < 4.78 is 2.58. The average Bonchev–Trinajstić information content (AvgIpc) is 2.97. The zero-order valence-corrected chi connectivity index (χ0v) is 23.6. The van der Waals surface area contributed by atoms with E-state index < -0.39 is 0 Å². The van der Waals surface area contributed by atoms with Crippen molar-refractivity contribution in [2.24, 2.45) is 0 Å². The first-order valence-electron chi connectivity index (χ1n) is 12.5. The number of hydrogen-bond acceptors (Lipinski definition) is 8. The zero-order valence-electron chi connectivity index (χ0n) is 23.6. The molecule has 40 heavy (non-hydrogen) atoms. The molecule has 0 fully saturated rings. The maximum Gasteiger partial charge on any atom is 0.285 e. The molecule has 0 aliphatic carbocycles. The van der Waals surface area contributed by atoms with Gasteiger partial charge < -0.3 is 9.80 Å². The van der Waals surface area contributed by atoms with Crippen LogP contribution in [-0.4, -0.2) is 79.6 Å². The minimum Gasteiger partial charge on any atom is -0.345 e. The number of nitrogens with zero attached hydrogens (tertiary/aromatic N) is 8. The SMILES string of the molecule is CC.CN(C)C(=O)c1ccc(Cn2ncncc2=O)cc1.CN(C)C(=O)c1ccc(Cn2nnccc2=O)cc1. The summed E-state index contributed by atoms with van der Waals surface area (Å²) in [5.74, 6) is -0.103. The molecule has 4 rings (SSSR count). The number of benzene rings is 2. The first-order valence-corrected chi connectivity index (χ1v) is 12.5. The van der Waals surface area contributed by atoms with Gasteiger partial charge in [0.15, 0.2) is 0 Å². The number of carbonyl (C=O) groups is 2. The Morgan fingerprint density at radius 2 is 1.18 bits per heavy atom. The molecule has 4 aromatic rings. The van der Waals surface area contributed by atoms with Crippen molar-refractivity contribution in [3.63, 3.8) is 0 Å². The highest BCUT2D eigenvalue weighted by Crippen LogP contribution is 2.08. The van der Waals surface area contributed by atoms with E-state index in [1.165, 1.54) is 44.0 Å². The van der Waals surface area contributed by atoms with E-state index in [0.717, 1.165) is 11.1 Å². The van der Waals surface area contributed by atoms with Gasteiger partial charge in [-0.25, -0.2) is 14.3 Å². The lowest BCUT2D eigenvalue weighted by molar-refractivity contribution is 0.0820. The molecule has 2 amide bonds. The molecule has 0 aliphatic heterocycles. The van der Waals surface area contributed by atoms with Gasteiger partial charge in [0.1, 0.15) is 6.33 Å². The van der Waals surface area contributed by atoms with Gasteiger partial charge in [0, 0.05) is 45.4 Å². The van der Waals surface area contributed by atoms with Gasteiger partial charge >= 0.3 is 0 Å². The van der Waals surface area contributed by atoms with Crippen molar-refractivity contribution >= 4 is 11.8 Å². The van der Waals surface area contributed by atoms with Crippen molar-refractivity contribution in [2.75, 3.05) is 28.2 Å². The number of hydrogen-bond donors (Lipinski definition) is 0. The van der Waals surface area contributed by atoms with Crippen LogP contribution >= 0.6 is 0 Å². The standard InChI is InChI=1S/2C13H14N4O2.C2H6/c1-16(2)13(19)11-5-3-10(4-6-11)8-17-12(18)7-14-9-15-17;1-16(2)13(19)11-5-3-10(4-6-11)9-17-12(18)7-8-14-15-17;1-2/h3-7,9H,8H2,1-2H3;3-8H,9H2,1-2H3;1-2H3. The predicted molar refractivity (Wildman–Crippen MR) is 151 cm³/mol. The van der Waals surface area contributed by atoms with Gasteiger partial charge in [-0.05, 0) is 35.4 Å². The third kappa shape index (κ3) is 9.08. The third-order valence-electron chi connectivity index (χ3n) is 5.27. The molecule has 0 unspecified atom stereocenters. The van der Waals surface area contributed by atoms with Gasteiger partial charge in [-0.15, -0.1) is 5.10 Å². The lowest BCUT2D eigenvalue weighted by Crippen LogP contribution is -2.23. The Kier molecular flexibility index (Phi) is 12.0. The highest BCUT2D eigenvalue weighted by Gasteiger charge is 2.08. The molecule has 12 nitrogen and oxygen atoms in total. The second-order valence-corrected chi connectivity index (χ2v) is 8.61. The van der Waals surface area contributed by atoms with E-state index in [1.807, 2.05) is 26.0 Å². The van der Waals surface area contributed by atoms with Crippen molar-refractivity contribution in [1.29, 1.82) is 0 Å². The number of aromatic nitrogens is 6. The Balaban J connectivity index is 0.000000264. The lowest BCUT2D eigenvalue weighted by Gasteiger charge is -2.10. The molecule has 12 heteroatoms. The van der Waals surface area contributed by atoms with Crippen LogP contribution in [0.5, 0.6) is 0 Å². The normalized spacial score (nSPS) is 9.85. The first kappa shape index (κ1) is 31.2. The summed E-state index contributed by atoms with van der Waals surface area (Å²) in [6.45, 7) is 4.70. The van der Waals surface area contributed by atoms with Gasteiger partial charge in [0.05, 0.1) is 25.5 Å². The number of carbonyl (C=O) groups excluding carboxylic acids is 2. The molecule has 0 bridgehead atoms. The van der Waals surface area contributed by atoms with Crippen LogP contribution in [0.2, 0.25) is 0 Å². The maximum atomic E-state index is 11.7. The van der Waals surface area contributed by atoms with Gasteiger partial charge in [-0.1, -0.05) is 43.3 Å². The average molecular weight is 547 g/mol. The Bertz CT molecular complexity index is 1380. The molecule has 210 valence electrons. The lowest BCUT2D eigenvalue weighted by atomic mass is 10.1. The van der Waals surface area contributed by atoms with Crippen molar-refractivity contribution in [3.05, 3.63) is 116 Å². The zero-order chi connectivity index (χ0) is 29.7. The summed E-state index contributed by atoms with van der Waals surface area (Å²) in [6, 6.07) is 15.5. The summed E-state index contributed by atoms with van der Waals surface area (Å²) in [5, 5.41) is 11.3. The minimum atomic E-state index is -0.254. The van der Waals surface area contributed by atoms with E-state index in [-0.39, 0.29) is 22.9 Å². The van der Waals surface area contributed by atoms with E-state index in [1.54, 1.807) is 64.6 Å². The van der Waals surface area contributed by atoms with Gasteiger partial charge in [-0.2, -0.15) is 5.10 Å². The summed E-state index contributed by atoms with van der Waals surface area (Å²) in [6.07, 6.45) is 3.90.